The van der Waals surface area contributed by atoms with Crippen molar-refractivity contribution in [3.8, 4) is 0 Å². The lowest BCUT2D eigenvalue weighted by molar-refractivity contribution is 0.0464. The zero-order chi connectivity index (χ0) is 8.20. The van der Waals surface area contributed by atoms with Crippen LogP contribution in [0.4, 0.5) is 8.78 Å². The van der Waals surface area contributed by atoms with Gasteiger partial charge in [0.15, 0.2) is 0 Å². The number of halogens is 3. The molecule has 62 valence electrons. The van der Waals surface area contributed by atoms with Crippen molar-refractivity contribution in [1.29, 1.82) is 0 Å². The topological polar surface area (TPSA) is 38.0 Å². The minimum atomic E-state index is -3.25. The van der Waals surface area contributed by atoms with Crippen LogP contribution in [-0.4, -0.2) is 11.4 Å². The Morgan fingerprint density at radius 2 is 2.20 bits per heavy atom. The number of nitrogens with one attached hydrogen (secondary N) is 1. The van der Waals surface area contributed by atoms with Gasteiger partial charge in [-0.05, 0) is 18.0 Å². The molecule has 0 bridgehead atoms. The largest absolute Gasteiger partial charge is 0.338 e. The molecule has 0 aliphatic rings. The minimum absolute atomic E-state index is 0.271. The Labute approximate surface area is 63.7 Å². The summed E-state index contributed by atoms with van der Waals surface area (Å²) in [6.45, 7) is 1.78. The van der Waals surface area contributed by atoms with Gasteiger partial charge in [-0.15, -0.1) is 0 Å². The summed E-state index contributed by atoms with van der Waals surface area (Å²) in [5.41, 5.74) is 1.96. The molecule has 0 heterocycles. The van der Waals surface area contributed by atoms with Gasteiger partial charge in [-0.2, -0.15) is 8.78 Å². The molecule has 0 spiro atoms. The molecule has 3 N–H and O–H groups in total. The van der Waals surface area contributed by atoms with Crippen LogP contribution < -0.4 is 11.3 Å². The van der Waals surface area contributed by atoms with Gasteiger partial charge in [-0.3, -0.25) is 5.84 Å². The summed E-state index contributed by atoms with van der Waals surface area (Å²) in [5, 5.41) is -3.25. The molecule has 1 atom stereocenters. The zero-order valence-corrected chi connectivity index (χ0v) is 6.46. The van der Waals surface area contributed by atoms with Crippen molar-refractivity contribution < 1.29 is 8.78 Å². The molecule has 10 heavy (non-hydrogen) atoms. The Balaban J connectivity index is 3.81. The van der Waals surface area contributed by atoms with E-state index in [1.54, 1.807) is 6.92 Å². The van der Waals surface area contributed by atoms with Crippen molar-refractivity contribution >= 4 is 11.6 Å². The maximum atomic E-state index is 12.2. The van der Waals surface area contributed by atoms with Crippen molar-refractivity contribution in [2.75, 3.05) is 0 Å². The van der Waals surface area contributed by atoms with Gasteiger partial charge in [0.1, 0.15) is 0 Å². The number of nitrogens with two attached hydrogens (primary N) is 1. The SMILES string of the molecule is CCCC(NN)C(F)(F)Cl. The van der Waals surface area contributed by atoms with E-state index in [-0.39, 0.29) is 6.42 Å². The van der Waals surface area contributed by atoms with Gasteiger partial charge in [0, 0.05) is 0 Å². The maximum Gasteiger partial charge on any atom is 0.338 e. The average Bonchev–Trinajstić information content (AvgIpc) is 1.80. The van der Waals surface area contributed by atoms with E-state index in [0.29, 0.717) is 6.42 Å². The molecule has 0 amide bonds. The number of hydrogen-bond donors (Lipinski definition) is 2. The maximum absolute atomic E-state index is 12.2. The highest BCUT2D eigenvalue weighted by Gasteiger charge is 2.35. The number of hydrazine groups is 1. The first-order valence-corrected chi connectivity index (χ1v) is 3.43. The van der Waals surface area contributed by atoms with E-state index in [1.807, 2.05) is 5.43 Å². The van der Waals surface area contributed by atoms with Crippen molar-refractivity contribution in [3.05, 3.63) is 0 Å². The first kappa shape index (κ1) is 10.1. The van der Waals surface area contributed by atoms with E-state index >= 15 is 0 Å². The molecule has 0 saturated heterocycles. The Hall–Kier alpha value is 0.0700. The van der Waals surface area contributed by atoms with Gasteiger partial charge in [-0.25, -0.2) is 5.43 Å². The van der Waals surface area contributed by atoms with Crippen molar-refractivity contribution in [2.24, 2.45) is 5.84 Å². The Morgan fingerprint density at radius 1 is 1.70 bits per heavy atom. The second kappa shape index (κ2) is 4.05. The molecule has 0 saturated carbocycles. The lowest BCUT2D eigenvalue weighted by atomic mass is 10.2. The van der Waals surface area contributed by atoms with Gasteiger partial charge >= 0.3 is 5.38 Å². The molecule has 0 fully saturated rings. The summed E-state index contributed by atoms with van der Waals surface area (Å²) in [6.07, 6.45) is 0.893. The summed E-state index contributed by atoms with van der Waals surface area (Å²) in [5.74, 6) is 4.83. The molecule has 0 aromatic carbocycles. The summed E-state index contributed by atoms with van der Waals surface area (Å²) in [6, 6.07) is -1.13. The molecule has 0 aliphatic carbocycles. The molecule has 1 unspecified atom stereocenters. The predicted molar refractivity (Wildman–Crippen MR) is 36.8 cm³/mol. The van der Waals surface area contributed by atoms with Crippen LogP contribution in [-0.2, 0) is 0 Å². The summed E-state index contributed by atoms with van der Waals surface area (Å²) in [4.78, 5) is 0. The molecule has 0 aliphatic heterocycles. The van der Waals surface area contributed by atoms with E-state index in [0.717, 1.165) is 0 Å². The van der Waals surface area contributed by atoms with Gasteiger partial charge in [0.25, 0.3) is 0 Å². The van der Waals surface area contributed by atoms with E-state index in [2.05, 4.69) is 0 Å². The van der Waals surface area contributed by atoms with Gasteiger partial charge in [0.2, 0.25) is 0 Å². The van der Waals surface area contributed by atoms with E-state index < -0.39 is 11.4 Å². The molecule has 0 rings (SSSR count). The van der Waals surface area contributed by atoms with Crippen molar-refractivity contribution in [2.45, 2.75) is 31.2 Å². The first-order valence-electron chi connectivity index (χ1n) is 3.05. The van der Waals surface area contributed by atoms with Crippen LogP contribution in [0.5, 0.6) is 0 Å². The highest BCUT2D eigenvalue weighted by atomic mass is 35.5. The Bertz CT molecular complexity index is 94.1. The fourth-order valence-corrected chi connectivity index (χ4v) is 0.802. The van der Waals surface area contributed by atoms with Crippen molar-refractivity contribution in [3.63, 3.8) is 0 Å². The fourth-order valence-electron chi connectivity index (χ4n) is 0.630. The third kappa shape index (κ3) is 3.29. The van der Waals surface area contributed by atoms with Crippen LogP contribution in [0, 0.1) is 0 Å². The van der Waals surface area contributed by atoms with E-state index in [4.69, 9.17) is 17.4 Å². The second-order valence-electron chi connectivity index (χ2n) is 2.05. The Morgan fingerprint density at radius 3 is 2.30 bits per heavy atom. The summed E-state index contributed by atoms with van der Waals surface area (Å²) in [7, 11) is 0. The molecule has 5 heteroatoms. The van der Waals surface area contributed by atoms with E-state index in [1.165, 1.54) is 0 Å². The van der Waals surface area contributed by atoms with E-state index in [9.17, 15) is 8.78 Å². The third-order valence-electron chi connectivity index (χ3n) is 1.17. The summed E-state index contributed by atoms with van der Waals surface area (Å²) >= 11 is 4.70. The molecular weight excluding hydrogens is 162 g/mol. The zero-order valence-electron chi connectivity index (χ0n) is 5.70. The van der Waals surface area contributed by atoms with Crippen molar-refractivity contribution in [1.82, 2.24) is 5.43 Å². The summed E-state index contributed by atoms with van der Waals surface area (Å²) < 4.78 is 24.4. The van der Waals surface area contributed by atoms with Crippen LogP contribution in [0.1, 0.15) is 19.8 Å². The third-order valence-corrected chi connectivity index (χ3v) is 1.44. The lowest BCUT2D eigenvalue weighted by Crippen LogP contribution is -2.45. The molecule has 0 aromatic rings. The Kier molecular flexibility index (Phi) is 4.08. The molecule has 0 radical (unpaired) electrons. The minimum Gasteiger partial charge on any atom is -0.271 e. The smallest absolute Gasteiger partial charge is 0.271 e. The predicted octanol–water partition coefficient (Wildman–Crippen LogP) is 1.45. The van der Waals surface area contributed by atoms with Gasteiger partial charge in [0.05, 0.1) is 6.04 Å². The van der Waals surface area contributed by atoms with Crippen LogP contribution in [0.3, 0.4) is 0 Å². The van der Waals surface area contributed by atoms with Gasteiger partial charge in [-0.1, -0.05) is 13.3 Å². The van der Waals surface area contributed by atoms with Gasteiger partial charge < -0.3 is 0 Å². The second-order valence-corrected chi connectivity index (χ2v) is 2.55. The quantitative estimate of drug-likeness (QED) is 0.383. The molecule has 2 nitrogen and oxygen atoms in total. The first-order chi connectivity index (χ1) is 4.52. The standard InChI is InChI=1S/C5H11ClF2N2/c1-2-3-4(10-9)5(6,7)8/h4,10H,2-3,9H2,1H3. The lowest BCUT2D eigenvalue weighted by Gasteiger charge is -2.19. The molecule has 0 aromatic heterocycles. The van der Waals surface area contributed by atoms with Crippen LogP contribution in [0.2, 0.25) is 0 Å². The number of rotatable bonds is 4. The average molecular weight is 173 g/mol. The normalized spacial score (nSPS) is 15.3. The van der Waals surface area contributed by atoms with Crippen LogP contribution in [0.15, 0.2) is 0 Å². The van der Waals surface area contributed by atoms with Crippen LogP contribution in [0.25, 0.3) is 0 Å². The number of alkyl halides is 3. The molecular formula is C5H11ClF2N2. The number of hydrogen-bond acceptors (Lipinski definition) is 2. The highest BCUT2D eigenvalue weighted by molar-refractivity contribution is 6.22. The highest BCUT2D eigenvalue weighted by Crippen LogP contribution is 2.25. The van der Waals surface area contributed by atoms with Crippen LogP contribution >= 0.6 is 11.6 Å². The fraction of sp³-hybridized carbons (Fsp3) is 1.00. The monoisotopic (exact) mass is 172 g/mol.